The number of nitrogen functional groups attached to an aromatic ring is 1. The molecule has 3 aromatic carbocycles. The molecule has 4 rings (SSSR count). The molecule has 3 N–H and O–H groups in total. The van der Waals surface area contributed by atoms with Crippen LogP contribution in [0.4, 0.5) is 10.2 Å². The fourth-order valence-electron chi connectivity index (χ4n) is 3.91. The fraction of sp³-hybridized carbons (Fsp3) is 0.148. The number of anilines is 1. The maximum atomic E-state index is 15.1. The molecule has 6 nitrogen and oxygen atoms in total. The van der Waals surface area contributed by atoms with Gasteiger partial charge in [0.25, 0.3) is 0 Å². The number of likely N-dealkylation sites (N-methyl/N-ethyl adjacent to an activating group) is 1. The van der Waals surface area contributed by atoms with Gasteiger partial charge in [0.2, 0.25) is 10.0 Å². The van der Waals surface area contributed by atoms with Crippen molar-refractivity contribution in [3.63, 3.8) is 0 Å². The van der Waals surface area contributed by atoms with Gasteiger partial charge < -0.3 is 10.8 Å². The average Bonchev–Trinajstić information content (AvgIpc) is 2.88. The van der Waals surface area contributed by atoms with Crippen LogP contribution in [-0.2, 0) is 10.0 Å². The highest BCUT2D eigenvalue weighted by Gasteiger charge is 2.32. The van der Waals surface area contributed by atoms with Crippen LogP contribution < -0.4 is 5.73 Å². The molecule has 0 saturated heterocycles. The Morgan fingerprint density at radius 1 is 0.914 bits per heavy atom. The third-order valence-corrected chi connectivity index (χ3v) is 8.10. The average molecular weight is 492 g/mol. The molecule has 0 radical (unpaired) electrons. The van der Waals surface area contributed by atoms with Gasteiger partial charge in [0.1, 0.15) is 11.6 Å². The van der Waals surface area contributed by atoms with E-state index in [1.165, 1.54) is 25.4 Å². The number of aromatic nitrogens is 1. The Hall–Kier alpha value is -3.59. The third-order valence-electron chi connectivity index (χ3n) is 6.09. The summed E-state index contributed by atoms with van der Waals surface area (Å²) in [4.78, 5) is 4.03. The maximum absolute atomic E-state index is 15.1. The monoisotopic (exact) mass is 491 g/mol. The van der Waals surface area contributed by atoms with Gasteiger partial charge in [0.05, 0.1) is 17.0 Å². The molecule has 180 valence electrons. The van der Waals surface area contributed by atoms with Crippen LogP contribution in [0.15, 0.2) is 96.0 Å². The predicted molar refractivity (Wildman–Crippen MR) is 135 cm³/mol. The lowest BCUT2D eigenvalue weighted by molar-refractivity contribution is 0.108. The van der Waals surface area contributed by atoms with Crippen LogP contribution in [0.5, 0.6) is 0 Å². The van der Waals surface area contributed by atoms with Gasteiger partial charge in [-0.25, -0.2) is 17.8 Å². The van der Waals surface area contributed by atoms with Crippen molar-refractivity contribution in [3.05, 3.63) is 103 Å². The van der Waals surface area contributed by atoms with Gasteiger partial charge in [0, 0.05) is 29.9 Å². The molecule has 0 saturated carbocycles. The van der Waals surface area contributed by atoms with E-state index in [1.54, 1.807) is 73.7 Å². The maximum Gasteiger partial charge on any atom is 0.243 e. The van der Waals surface area contributed by atoms with Crippen molar-refractivity contribution in [1.29, 1.82) is 0 Å². The standard InChI is InChI=1S/C27H26FN3O3S/c1-18(27(32)19-8-4-3-5-9-19)31(2)35(33,34)25-11-7-6-10-23(25)20-12-14-22(24(28)16-20)21-13-15-26(29)30-17-21/h3-18,27,32H,1-2H3,(H2,29,30)/t18-,27+/m0/s1. The minimum Gasteiger partial charge on any atom is -0.387 e. The van der Waals surface area contributed by atoms with Gasteiger partial charge in [0.15, 0.2) is 0 Å². The van der Waals surface area contributed by atoms with Gasteiger partial charge in [-0.1, -0.05) is 60.7 Å². The fourth-order valence-corrected chi connectivity index (χ4v) is 5.49. The number of aliphatic hydroxyl groups excluding tert-OH is 1. The van der Waals surface area contributed by atoms with Crippen LogP contribution in [0.25, 0.3) is 22.3 Å². The number of rotatable bonds is 7. The minimum atomic E-state index is -4.02. The zero-order chi connectivity index (χ0) is 25.2. The van der Waals surface area contributed by atoms with Crippen LogP contribution in [0.2, 0.25) is 0 Å². The second-order valence-electron chi connectivity index (χ2n) is 8.28. The summed E-state index contributed by atoms with van der Waals surface area (Å²) in [5.74, 6) is -0.178. The van der Waals surface area contributed by atoms with Gasteiger partial charge in [-0.3, -0.25) is 0 Å². The number of aliphatic hydroxyl groups is 1. The second kappa shape index (κ2) is 9.95. The molecule has 1 aromatic heterocycles. The summed E-state index contributed by atoms with van der Waals surface area (Å²) < 4.78 is 43.4. The molecular weight excluding hydrogens is 465 g/mol. The normalized spacial score (nSPS) is 13.5. The lowest BCUT2D eigenvalue weighted by atomic mass is 10.0. The molecule has 35 heavy (non-hydrogen) atoms. The first-order valence-electron chi connectivity index (χ1n) is 11.0. The summed E-state index contributed by atoms with van der Waals surface area (Å²) >= 11 is 0. The van der Waals surface area contributed by atoms with E-state index in [4.69, 9.17) is 5.73 Å². The van der Waals surface area contributed by atoms with Crippen molar-refractivity contribution < 1.29 is 17.9 Å². The highest BCUT2D eigenvalue weighted by atomic mass is 32.2. The number of hydrogen-bond acceptors (Lipinski definition) is 5. The van der Waals surface area contributed by atoms with E-state index in [0.717, 1.165) is 4.31 Å². The molecule has 0 fully saturated rings. The zero-order valence-electron chi connectivity index (χ0n) is 19.3. The first-order valence-corrected chi connectivity index (χ1v) is 12.5. The summed E-state index contributed by atoms with van der Waals surface area (Å²) in [6.07, 6.45) is 0.466. The van der Waals surface area contributed by atoms with Crippen molar-refractivity contribution in [2.75, 3.05) is 12.8 Å². The minimum absolute atomic E-state index is 0.0240. The lowest BCUT2D eigenvalue weighted by Crippen LogP contribution is -2.39. The Morgan fingerprint density at radius 2 is 1.57 bits per heavy atom. The summed E-state index contributed by atoms with van der Waals surface area (Å²) in [6.45, 7) is 1.65. The molecule has 0 aliphatic rings. The molecular formula is C27H26FN3O3S. The number of sulfonamides is 1. The molecule has 0 amide bonds. The molecule has 0 spiro atoms. The largest absolute Gasteiger partial charge is 0.387 e. The summed E-state index contributed by atoms with van der Waals surface area (Å²) in [6, 6.07) is 22.4. The van der Waals surface area contributed by atoms with E-state index in [-0.39, 0.29) is 4.90 Å². The number of hydrogen-bond donors (Lipinski definition) is 2. The Bertz CT molecular complexity index is 1430. The van der Waals surface area contributed by atoms with Crippen LogP contribution >= 0.6 is 0 Å². The van der Waals surface area contributed by atoms with Crippen molar-refractivity contribution >= 4 is 15.8 Å². The van der Waals surface area contributed by atoms with E-state index in [9.17, 15) is 13.5 Å². The second-order valence-corrected chi connectivity index (χ2v) is 10.2. The van der Waals surface area contributed by atoms with E-state index >= 15 is 4.39 Å². The molecule has 0 unspecified atom stereocenters. The number of pyridine rings is 1. The van der Waals surface area contributed by atoms with Crippen molar-refractivity contribution in [3.8, 4) is 22.3 Å². The van der Waals surface area contributed by atoms with Gasteiger partial charge in [-0.15, -0.1) is 0 Å². The molecule has 0 bridgehead atoms. The Morgan fingerprint density at radius 3 is 2.23 bits per heavy atom. The van der Waals surface area contributed by atoms with E-state index < -0.39 is 28.0 Å². The van der Waals surface area contributed by atoms with Gasteiger partial charge in [-0.2, -0.15) is 4.31 Å². The SMILES string of the molecule is C[C@@H]([C@@H](O)c1ccccc1)N(C)S(=O)(=O)c1ccccc1-c1ccc(-c2ccc(N)nc2)c(F)c1. The lowest BCUT2D eigenvalue weighted by Gasteiger charge is -2.29. The number of benzene rings is 3. The van der Waals surface area contributed by atoms with E-state index in [0.29, 0.717) is 33.6 Å². The van der Waals surface area contributed by atoms with Crippen LogP contribution in [-0.4, -0.2) is 35.9 Å². The van der Waals surface area contributed by atoms with Crippen LogP contribution in [0.1, 0.15) is 18.6 Å². The molecule has 1 heterocycles. The Labute approximate surface area is 204 Å². The van der Waals surface area contributed by atoms with Crippen LogP contribution in [0.3, 0.4) is 0 Å². The Kier molecular flexibility index (Phi) is 6.98. The van der Waals surface area contributed by atoms with Gasteiger partial charge >= 0.3 is 0 Å². The highest BCUT2D eigenvalue weighted by molar-refractivity contribution is 7.89. The summed E-state index contributed by atoms with van der Waals surface area (Å²) in [5, 5.41) is 10.8. The molecule has 0 aliphatic carbocycles. The van der Waals surface area contributed by atoms with Crippen molar-refractivity contribution in [2.45, 2.75) is 24.0 Å². The van der Waals surface area contributed by atoms with Crippen molar-refractivity contribution in [1.82, 2.24) is 9.29 Å². The topological polar surface area (TPSA) is 96.5 Å². The predicted octanol–water partition coefficient (Wildman–Crippen LogP) is 4.88. The number of nitrogens with zero attached hydrogens (tertiary/aromatic N) is 2. The highest BCUT2D eigenvalue weighted by Crippen LogP contribution is 2.34. The van der Waals surface area contributed by atoms with Crippen LogP contribution in [0, 0.1) is 5.82 Å². The molecule has 8 heteroatoms. The molecule has 0 aliphatic heterocycles. The number of nitrogens with two attached hydrogens (primary N) is 1. The summed E-state index contributed by atoms with van der Waals surface area (Å²) in [5.41, 5.74) is 7.90. The van der Waals surface area contributed by atoms with Gasteiger partial charge in [-0.05, 0) is 42.3 Å². The zero-order valence-corrected chi connectivity index (χ0v) is 20.2. The first-order chi connectivity index (χ1) is 16.7. The molecule has 2 atom stereocenters. The smallest absolute Gasteiger partial charge is 0.243 e. The quantitative estimate of drug-likeness (QED) is 0.384. The van der Waals surface area contributed by atoms with E-state index in [1.807, 2.05) is 6.07 Å². The Balaban J connectivity index is 1.69. The van der Waals surface area contributed by atoms with Crippen molar-refractivity contribution in [2.24, 2.45) is 0 Å². The summed E-state index contributed by atoms with van der Waals surface area (Å²) in [7, 11) is -2.59. The van der Waals surface area contributed by atoms with E-state index in [2.05, 4.69) is 4.98 Å². The molecule has 4 aromatic rings. The third kappa shape index (κ3) is 4.95. The first kappa shape index (κ1) is 24.5. The number of halogens is 1.